The first-order chi connectivity index (χ1) is 12.0. The Kier molecular flexibility index (Phi) is 6.62. The second kappa shape index (κ2) is 8.70. The maximum absolute atomic E-state index is 12.5. The Morgan fingerprint density at radius 3 is 2.32 bits per heavy atom. The van der Waals surface area contributed by atoms with Crippen LogP contribution in [0.2, 0.25) is 0 Å². The number of rotatable bonds is 9. The number of aliphatic hydroxyl groups excluding tert-OH is 1. The zero-order valence-electron chi connectivity index (χ0n) is 15.2. The quantitative estimate of drug-likeness (QED) is 0.544. The lowest BCUT2D eigenvalue weighted by Gasteiger charge is -2.14. The maximum Gasteiger partial charge on any atom is 0.296 e. The van der Waals surface area contributed by atoms with Crippen LogP contribution in [0.25, 0.3) is 5.57 Å². The van der Waals surface area contributed by atoms with E-state index in [-0.39, 0.29) is 5.57 Å². The fourth-order valence-electron chi connectivity index (χ4n) is 2.70. The van der Waals surface area contributed by atoms with E-state index in [1.165, 1.54) is 0 Å². The summed E-state index contributed by atoms with van der Waals surface area (Å²) in [5, 5.41) is 10.1. The van der Waals surface area contributed by atoms with Gasteiger partial charge in [-0.2, -0.15) is 0 Å². The van der Waals surface area contributed by atoms with Gasteiger partial charge in [0, 0.05) is 6.54 Å². The number of carbonyl (C=O) groups is 2. The van der Waals surface area contributed by atoms with Crippen molar-refractivity contribution in [3.63, 3.8) is 0 Å². The number of aliphatic hydroxyl groups is 1. The van der Waals surface area contributed by atoms with Gasteiger partial charge in [0.1, 0.15) is 5.75 Å². The number of nitrogens with zero attached hydrogens (tertiary/aromatic N) is 1. The van der Waals surface area contributed by atoms with Crippen molar-refractivity contribution >= 4 is 17.4 Å². The van der Waals surface area contributed by atoms with E-state index in [4.69, 9.17) is 4.74 Å². The highest BCUT2D eigenvalue weighted by molar-refractivity contribution is 6.34. The van der Waals surface area contributed by atoms with Crippen molar-refractivity contribution < 1.29 is 19.4 Å². The molecular formula is C20H27NO4. The molecule has 0 aromatic heterocycles. The maximum atomic E-state index is 12.5. The molecule has 2 rings (SSSR count). The van der Waals surface area contributed by atoms with Crippen molar-refractivity contribution in [3.8, 4) is 5.75 Å². The van der Waals surface area contributed by atoms with E-state index in [0.717, 1.165) is 30.6 Å². The summed E-state index contributed by atoms with van der Waals surface area (Å²) < 4.78 is 5.62. The van der Waals surface area contributed by atoms with Gasteiger partial charge in [-0.3, -0.25) is 14.5 Å². The second-order valence-electron chi connectivity index (χ2n) is 6.78. The van der Waals surface area contributed by atoms with E-state index in [2.05, 4.69) is 20.8 Å². The SMILES string of the molecule is CCCCCCN1C(=O)C(O)=C(c2ccc(OCC(C)C)cc2)C1=O. The molecule has 2 amide bonds. The Balaban J connectivity index is 2.07. The van der Waals surface area contributed by atoms with E-state index in [9.17, 15) is 14.7 Å². The lowest BCUT2D eigenvalue weighted by molar-refractivity contribution is -0.138. The summed E-state index contributed by atoms with van der Waals surface area (Å²) in [6.07, 6.45) is 3.88. The average Bonchev–Trinajstić information content (AvgIpc) is 2.80. The molecule has 1 aliphatic heterocycles. The van der Waals surface area contributed by atoms with Crippen molar-refractivity contribution in [2.45, 2.75) is 46.5 Å². The molecule has 0 atom stereocenters. The van der Waals surface area contributed by atoms with Crippen LogP contribution in [-0.2, 0) is 9.59 Å². The van der Waals surface area contributed by atoms with Crippen LogP contribution < -0.4 is 4.74 Å². The van der Waals surface area contributed by atoms with Crippen LogP contribution in [0.1, 0.15) is 52.0 Å². The van der Waals surface area contributed by atoms with E-state index in [1.54, 1.807) is 24.3 Å². The summed E-state index contributed by atoms with van der Waals surface area (Å²) in [6.45, 7) is 7.19. The third-order valence-electron chi connectivity index (χ3n) is 4.11. The summed E-state index contributed by atoms with van der Waals surface area (Å²) in [4.78, 5) is 25.9. The van der Waals surface area contributed by atoms with Crippen molar-refractivity contribution in [1.82, 2.24) is 4.90 Å². The van der Waals surface area contributed by atoms with E-state index in [0.29, 0.717) is 30.4 Å². The molecule has 5 nitrogen and oxygen atoms in total. The van der Waals surface area contributed by atoms with Crippen molar-refractivity contribution in [2.75, 3.05) is 13.2 Å². The number of carbonyl (C=O) groups excluding carboxylic acids is 2. The molecule has 1 aromatic carbocycles. The Bertz CT molecular complexity index is 646. The molecule has 0 spiro atoms. The Hall–Kier alpha value is -2.30. The van der Waals surface area contributed by atoms with E-state index < -0.39 is 17.6 Å². The van der Waals surface area contributed by atoms with Gasteiger partial charge in [-0.15, -0.1) is 0 Å². The van der Waals surface area contributed by atoms with Crippen molar-refractivity contribution in [3.05, 3.63) is 35.6 Å². The fourth-order valence-corrected chi connectivity index (χ4v) is 2.70. The predicted octanol–water partition coefficient (Wildman–Crippen LogP) is 3.94. The number of amides is 2. The van der Waals surface area contributed by atoms with Gasteiger partial charge in [0.25, 0.3) is 11.8 Å². The van der Waals surface area contributed by atoms with Gasteiger partial charge in [0.05, 0.1) is 12.2 Å². The van der Waals surface area contributed by atoms with Gasteiger partial charge in [0.15, 0.2) is 5.76 Å². The van der Waals surface area contributed by atoms with Crippen LogP contribution in [0.3, 0.4) is 0 Å². The minimum absolute atomic E-state index is 0.0795. The van der Waals surface area contributed by atoms with Gasteiger partial charge in [-0.05, 0) is 30.0 Å². The Morgan fingerprint density at radius 1 is 1.04 bits per heavy atom. The minimum Gasteiger partial charge on any atom is -0.502 e. The van der Waals surface area contributed by atoms with Crippen LogP contribution in [0.5, 0.6) is 5.75 Å². The molecule has 5 heteroatoms. The van der Waals surface area contributed by atoms with Gasteiger partial charge in [-0.1, -0.05) is 52.2 Å². The highest BCUT2D eigenvalue weighted by Crippen LogP contribution is 2.29. The van der Waals surface area contributed by atoms with Crippen LogP contribution in [-0.4, -0.2) is 35.0 Å². The zero-order chi connectivity index (χ0) is 18.4. The lowest BCUT2D eigenvalue weighted by Crippen LogP contribution is -2.32. The van der Waals surface area contributed by atoms with Gasteiger partial charge in [0.2, 0.25) is 0 Å². The third kappa shape index (κ3) is 4.62. The average molecular weight is 345 g/mol. The van der Waals surface area contributed by atoms with Gasteiger partial charge >= 0.3 is 0 Å². The van der Waals surface area contributed by atoms with Crippen LogP contribution >= 0.6 is 0 Å². The molecule has 0 aliphatic carbocycles. The number of unbranched alkanes of at least 4 members (excludes halogenated alkanes) is 3. The Labute approximate surface area is 149 Å². The van der Waals surface area contributed by atoms with Gasteiger partial charge in [-0.25, -0.2) is 0 Å². The first-order valence-electron chi connectivity index (χ1n) is 8.98. The summed E-state index contributed by atoms with van der Waals surface area (Å²) in [7, 11) is 0. The summed E-state index contributed by atoms with van der Waals surface area (Å²) in [5.74, 6) is -0.365. The molecule has 0 saturated carbocycles. The summed E-state index contributed by atoms with van der Waals surface area (Å²) in [6, 6.07) is 6.90. The van der Waals surface area contributed by atoms with Crippen molar-refractivity contribution in [2.24, 2.45) is 5.92 Å². The second-order valence-corrected chi connectivity index (χ2v) is 6.78. The van der Waals surface area contributed by atoms with Gasteiger partial charge < -0.3 is 9.84 Å². The molecule has 1 aliphatic rings. The molecule has 0 fully saturated rings. The molecular weight excluding hydrogens is 318 g/mol. The molecule has 0 unspecified atom stereocenters. The van der Waals surface area contributed by atoms with E-state index >= 15 is 0 Å². The van der Waals surface area contributed by atoms with Crippen molar-refractivity contribution in [1.29, 1.82) is 0 Å². The monoisotopic (exact) mass is 345 g/mol. The molecule has 1 heterocycles. The fraction of sp³-hybridized carbons (Fsp3) is 0.500. The number of benzene rings is 1. The lowest BCUT2D eigenvalue weighted by atomic mass is 10.1. The topological polar surface area (TPSA) is 66.8 Å². The highest BCUT2D eigenvalue weighted by atomic mass is 16.5. The number of hydrogen-bond donors (Lipinski definition) is 1. The highest BCUT2D eigenvalue weighted by Gasteiger charge is 2.38. The molecule has 25 heavy (non-hydrogen) atoms. The van der Waals surface area contributed by atoms with E-state index in [1.807, 2.05) is 0 Å². The molecule has 1 aromatic rings. The normalized spacial score (nSPS) is 14.8. The Morgan fingerprint density at radius 2 is 1.72 bits per heavy atom. The molecule has 0 radical (unpaired) electrons. The van der Waals surface area contributed by atoms with Crippen LogP contribution in [0, 0.1) is 5.92 Å². The molecule has 136 valence electrons. The molecule has 1 N–H and O–H groups in total. The smallest absolute Gasteiger partial charge is 0.296 e. The number of hydrogen-bond acceptors (Lipinski definition) is 4. The number of imide groups is 1. The summed E-state index contributed by atoms with van der Waals surface area (Å²) in [5.41, 5.74) is 0.611. The predicted molar refractivity (Wildman–Crippen MR) is 97.2 cm³/mol. The first kappa shape index (κ1) is 19.0. The minimum atomic E-state index is -0.600. The zero-order valence-corrected chi connectivity index (χ0v) is 15.2. The molecule has 0 saturated heterocycles. The first-order valence-corrected chi connectivity index (χ1v) is 8.98. The third-order valence-corrected chi connectivity index (χ3v) is 4.11. The largest absolute Gasteiger partial charge is 0.502 e. The standard InChI is InChI=1S/C20H27NO4/c1-4-5-6-7-12-21-19(23)17(18(22)20(21)24)15-8-10-16(11-9-15)25-13-14(2)3/h8-11,14,22H,4-7,12-13H2,1-3H3. The van der Waals surface area contributed by atoms with Crippen LogP contribution in [0.15, 0.2) is 30.0 Å². The van der Waals surface area contributed by atoms with Crippen LogP contribution in [0.4, 0.5) is 0 Å². The molecule has 0 bridgehead atoms. The number of ether oxygens (including phenoxy) is 1. The summed E-state index contributed by atoms with van der Waals surface area (Å²) >= 11 is 0.